The molecule has 2 N–H and O–H groups in total. The molecule has 1 saturated carbocycles. The van der Waals surface area contributed by atoms with Gasteiger partial charge in [-0.3, -0.25) is 0 Å². The monoisotopic (exact) mass is 249 g/mol. The van der Waals surface area contributed by atoms with Crippen LogP contribution in [0.15, 0.2) is 18.2 Å². The Hall–Kier alpha value is -0.890. The van der Waals surface area contributed by atoms with Gasteiger partial charge in [0.15, 0.2) is 0 Å². The SMILES string of the molecule is CC(C)c1ccc(F)c(C2(CN)CCCCC2)c1. The fourth-order valence-corrected chi connectivity index (χ4v) is 3.12. The second kappa shape index (κ2) is 5.40. The van der Waals surface area contributed by atoms with E-state index in [0.29, 0.717) is 12.5 Å². The minimum Gasteiger partial charge on any atom is -0.330 e. The zero-order chi connectivity index (χ0) is 13.2. The molecule has 0 atom stereocenters. The van der Waals surface area contributed by atoms with Gasteiger partial charge in [0.2, 0.25) is 0 Å². The second-order valence-corrected chi connectivity index (χ2v) is 5.94. The van der Waals surface area contributed by atoms with Crippen LogP contribution in [0, 0.1) is 5.82 Å². The van der Waals surface area contributed by atoms with Crippen LogP contribution in [0.3, 0.4) is 0 Å². The van der Waals surface area contributed by atoms with Crippen LogP contribution < -0.4 is 5.73 Å². The summed E-state index contributed by atoms with van der Waals surface area (Å²) in [5.41, 5.74) is 7.95. The molecule has 0 aromatic heterocycles. The van der Waals surface area contributed by atoms with Gasteiger partial charge in [0.1, 0.15) is 5.82 Å². The first-order valence-corrected chi connectivity index (χ1v) is 7.09. The number of halogens is 1. The first-order valence-electron chi connectivity index (χ1n) is 7.09. The summed E-state index contributed by atoms with van der Waals surface area (Å²) in [6, 6.07) is 5.57. The zero-order valence-electron chi connectivity index (χ0n) is 11.5. The number of rotatable bonds is 3. The third kappa shape index (κ3) is 2.44. The Morgan fingerprint density at radius 3 is 2.44 bits per heavy atom. The molecule has 100 valence electrons. The Kier molecular flexibility index (Phi) is 4.06. The van der Waals surface area contributed by atoms with Crippen LogP contribution in [0.4, 0.5) is 4.39 Å². The maximum atomic E-state index is 14.2. The predicted molar refractivity (Wildman–Crippen MR) is 74.3 cm³/mol. The van der Waals surface area contributed by atoms with Gasteiger partial charge in [0.25, 0.3) is 0 Å². The van der Waals surface area contributed by atoms with E-state index in [9.17, 15) is 4.39 Å². The van der Waals surface area contributed by atoms with E-state index >= 15 is 0 Å². The highest BCUT2D eigenvalue weighted by molar-refractivity contribution is 5.34. The van der Waals surface area contributed by atoms with Gasteiger partial charge in [0, 0.05) is 12.0 Å². The van der Waals surface area contributed by atoms with E-state index in [1.54, 1.807) is 6.07 Å². The average Bonchev–Trinajstić information content (AvgIpc) is 2.39. The lowest BCUT2D eigenvalue weighted by Crippen LogP contribution is -2.38. The Morgan fingerprint density at radius 2 is 1.89 bits per heavy atom. The molecule has 1 fully saturated rings. The molecule has 0 spiro atoms. The van der Waals surface area contributed by atoms with Crippen LogP contribution in [0.25, 0.3) is 0 Å². The molecule has 0 aliphatic heterocycles. The first kappa shape index (κ1) is 13.5. The van der Waals surface area contributed by atoms with Gasteiger partial charge < -0.3 is 5.73 Å². The Morgan fingerprint density at radius 1 is 1.22 bits per heavy atom. The van der Waals surface area contributed by atoms with Crippen LogP contribution in [0.1, 0.15) is 63.0 Å². The molecule has 1 aromatic carbocycles. The minimum absolute atomic E-state index is 0.0771. The highest BCUT2D eigenvalue weighted by Gasteiger charge is 2.34. The van der Waals surface area contributed by atoms with Crippen molar-refractivity contribution in [3.8, 4) is 0 Å². The molecule has 1 aliphatic carbocycles. The fraction of sp³-hybridized carbons (Fsp3) is 0.625. The molecule has 1 aromatic rings. The molecule has 1 nitrogen and oxygen atoms in total. The van der Waals surface area contributed by atoms with Gasteiger partial charge in [-0.1, -0.05) is 45.2 Å². The molecule has 0 radical (unpaired) electrons. The lowest BCUT2D eigenvalue weighted by molar-refractivity contribution is 0.291. The molecule has 18 heavy (non-hydrogen) atoms. The third-order valence-corrected chi connectivity index (χ3v) is 4.43. The highest BCUT2D eigenvalue weighted by atomic mass is 19.1. The molecule has 0 heterocycles. The number of nitrogens with two attached hydrogens (primary N) is 1. The van der Waals surface area contributed by atoms with E-state index in [0.717, 1.165) is 18.4 Å². The molecular formula is C16H24FN. The molecule has 0 amide bonds. The van der Waals surface area contributed by atoms with Gasteiger partial charge in [-0.05, 0) is 36.0 Å². The second-order valence-electron chi connectivity index (χ2n) is 5.94. The Labute approximate surface area is 110 Å². The molecular weight excluding hydrogens is 225 g/mol. The predicted octanol–water partition coefficient (Wildman–Crippen LogP) is 4.11. The van der Waals surface area contributed by atoms with E-state index in [-0.39, 0.29) is 11.2 Å². The van der Waals surface area contributed by atoms with Crippen molar-refractivity contribution in [3.05, 3.63) is 35.1 Å². The standard InChI is InChI=1S/C16H24FN/c1-12(2)13-6-7-15(17)14(10-13)16(11-18)8-4-3-5-9-16/h6-7,10,12H,3-5,8-9,11,18H2,1-2H3. The maximum Gasteiger partial charge on any atom is 0.127 e. The summed E-state index contributed by atoms with van der Waals surface area (Å²) in [5, 5.41) is 0. The lowest BCUT2D eigenvalue weighted by Gasteiger charge is -2.37. The molecule has 1 aliphatic rings. The lowest BCUT2D eigenvalue weighted by atomic mass is 9.69. The number of benzene rings is 1. The van der Waals surface area contributed by atoms with E-state index in [1.807, 2.05) is 6.07 Å². The van der Waals surface area contributed by atoms with Crippen LogP contribution in [0.2, 0.25) is 0 Å². The van der Waals surface area contributed by atoms with Crippen molar-refractivity contribution in [2.45, 2.75) is 57.3 Å². The summed E-state index contributed by atoms with van der Waals surface area (Å²) < 4.78 is 14.2. The summed E-state index contributed by atoms with van der Waals surface area (Å²) in [6.45, 7) is 4.85. The molecule has 2 heteroatoms. The van der Waals surface area contributed by atoms with Crippen molar-refractivity contribution >= 4 is 0 Å². The minimum atomic E-state index is -0.118. The van der Waals surface area contributed by atoms with E-state index < -0.39 is 0 Å². The van der Waals surface area contributed by atoms with Crippen LogP contribution in [0.5, 0.6) is 0 Å². The molecule has 0 unspecified atom stereocenters. The van der Waals surface area contributed by atoms with Crippen LogP contribution in [-0.4, -0.2) is 6.54 Å². The summed E-state index contributed by atoms with van der Waals surface area (Å²) in [5.74, 6) is 0.356. The zero-order valence-corrected chi connectivity index (χ0v) is 11.5. The summed E-state index contributed by atoms with van der Waals surface area (Å²) in [6.07, 6.45) is 5.66. The van der Waals surface area contributed by atoms with E-state index in [4.69, 9.17) is 5.73 Å². The van der Waals surface area contributed by atoms with Crippen LogP contribution in [-0.2, 0) is 5.41 Å². The maximum absolute atomic E-state index is 14.2. The molecule has 0 saturated heterocycles. The van der Waals surface area contributed by atoms with Crippen molar-refractivity contribution in [1.29, 1.82) is 0 Å². The van der Waals surface area contributed by atoms with Crippen molar-refractivity contribution in [1.82, 2.24) is 0 Å². The summed E-state index contributed by atoms with van der Waals surface area (Å²) in [4.78, 5) is 0. The van der Waals surface area contributed by atoms with Crippen LogP contribution >= 0.6 is 0 Å². The highest BCUT2D eigenvalue weighted by Crippen LogP contribution is 2.40. The third-order valence-electron chi connectivity index (χ3n) is 4.43. The topological polar surface area (TPSA) is 26.0 Å². The van der Waals surface area contributed by atoms with E-state index in [2.05, 4.69) is 19.9 Å². The van der Waals surface area contributed by atoms with E-state index in [1.165, 1.54) is 24.8 Å². The first-order chi connectivity index (χ1) is 8.59. The molecule has 0 bridgehead atoms. The fourth-order valence-electron chi connectivity index (χ4n) is 3.12. The van der Waals surface area contributed by atoms with Gasteiger partial charge in [-0.2, -0.15) is 0 Å². The normalized spacial score (nSPS) is 19.2. The van der Waals surface area contributed by atoms with Gasteiger partial charge in [-0.15, -0.1) is 0 Å². The quantitative estimate of drug-likeness (QED) is 0.857. The largest absolute Gasteiger partial charge is 0.330 e. The summed E-state index contributed by atoms with van der Waals surface area (Å²) in [7, 11) is 0. The molecule has 2 rings (SSSR count). The Bertz CT molecular complexity index is 406. The smallest absolute Gasteiger partial charge is 0.127 e. The summed E-state index contributed by atoms with van der Waals surface area (Å²) >= 11 is 0. The van der Waals surface area contributed by atoms with Crippen molar-refractivity contribution < 1.29 is 4.39 Å². The van der Waals surface area contributed by atoms with Gasteiger partial charge in [-0.25, -0.2) is 4.39 Å². The van der Waals surface area contributed by atoms with Crippen molar-refractivity contribution in [3.63, 3.8) is 0 Å². The number of hydrogen-bond acceptors (Lipinski definition) is 1. The van der Waals surface area contributed by atoms with Gasteiger partial charge in [0.05, 0.1) is 0 Å². The van der Waals surface area contributed by atoms with Gasteiger partial charge >= 0.3 is 0 Å². The van der Waals surface area contributed by atoms with Crippen molar-refractivity contribution in [2.75, 3.05) is 6.54 Å². The Balaban J connectivity index is 2.43. The average molecular weight is 249 g/mol. The van der Waals surface area contributed by atoms with Crippen molar-refractivity contribution in [2.24, 2.45) is 5.73 Å². The number of hydrogen-bond donors (Lipinski definition) is 1.